The standard InChI is InChI=1S/C21H18F2O4/c1-27-19-9-6-16(21(23)12-19)5-8-18(26)11-17(25)7-4-15-3-2-14(13-24)10-20(15)22/h2-12,24,26H,13H2,1H3/b7-4+,8-5+,18-11-. The van der Waals surface area contributed by atoms with Crippen molar-refractivity contribution in [3.63, 3.8) is 0 Å². The van der Waals surface area contributed by atoms with Gasteiger partial charge >= 0.3 is 0 Å². The average Bonchev–Trinajstić information content (AvgIpc) is 2.65. The molecule has 2 aromatic carbocycles. The normalized spacial score (nSPS) is 12.1. The lowest BCUT2D eigenvalue weighted by Crippen LogP contribution is -1.91. The van der Waals surface area contributed by atoms with Crippen LogP contribution in [0, 0.1) is 11.6 Å². The van der Waals surface area contributed by atoms with Gasteiger partial charge in [-0.2, -0.15) is 0 Å². The van der Waals surface area contributed by atoms with Gasteiger partial charge in [-0.05, 0) is 48.1 Å². The van der Waals surface area contributed by atoms with E-state index < -0.39 is 17.4 Å². The number of rotatable bonds is 7. The largest absolute Gasteiger partial charge is 0.508 e. The van der Waals surface area contributed by atoms with Crippen LogP contribution in [0.25, 0.3) is 12.2 Å². The predicted molar refractivity (Wildman–Crippen MR) is 99.1 cm³/mol. The van der Waals surface area contributed by atoms with Crippen molar-refractivity contribution in [3.05, 3.63) is 88.7 Å². The lowest BCUT2D eigenvalue weighted by Gasteiger charge is -2.01. The second-order valence-corrected chi connectivity index (χ2v) is 5.54. The van der Waals surface area contributed by atoms with Crippen molar-refractivity contribution in [1.82, 2.24) is 0 Å². The van der Waals surface area contributed by atoms with Gasteiger partial charge in [0.15, 0.2) is 5.78 Å². The first-order valence-electron chi connectivity index (χ1n) is 7.96. The van der Waals surface area contributed by atoms with Crippen LogP contribution in [0.3, 0.4) is 0 Å². The third kappa shape index (κ3) is 5.90. The third-order valence-corrected chi connectivity index (χ3v) is 3.61. The van der Waals surface area contributed by atoms with Crippen molar-refractivity contribution < 1.29 is 28.5 Å². The van der Waals surface area contributed by atoms with Crippen molar-refractivity contribution in [3.8, 4) is 5.75 Å². The highest BCUT2D eigenvalue weighted by Crippen LogP contribution is 2.18. The molecule has 0 spiro atoms. The Bertz CT molecular complexity index is 914. The second kappa shape index (κ2) is 9.45. The maximum Gasteiger partial charge on any atom is 0.182 e. The minimum atomic E-state index is -0.575. The Labute approximate surface area is 155 Å². The van der Waals surface area contributed by atoms with E-state index in [1.807, 2.05) is 0 Å². The van der Waals surface area contributed by atoms with Crippen LogP contribution in [0.2, 0.25) is 0 Å². The number of benzene rings is 2. The van der Waals surface area contributed by atoms with E-state index in [2.05, 4.69) is 0 Å². The maximum atomic E-state index is 13.8. The van der Waals surface area contributed by atoms with E-state index in [4.69, 9.17) is 9.84 Å². The summed E-state index contributed by atoms with van der Waals surface area (Å²) in [4.78, 5) is 11.8. The van der Waals surface area contributed by atoms with Crippen molar-refractivity contribution in [2.75, 3.05) is 7.11 Å². The van der Waals surface area contributed by atoms with Crippen LogP contribution < -0.4 is 4.74 Å². The molecule has 0 amide bonds. The molecule has 0 aliphatic heterocycles. The van der Waals surface area contributed by atoms with Crippen molar-refractivity contribution >= 4 is 17.9 Å². The van der Waals surface area contributed by atoms with Gasteiger partial charge in [0.1, 0.15) is 23.1 Å². The monoisotopic (exact) mass is 372 g/mol. The fourth-order valence-electron chi connectivity index (χ4n) is 2.16. The molecule has 0 fully saturated rings. The highest BCUT2D eigenvalue weighted by Gasteiger charge is 2.03. The van der Waals surface area contributed by atoms with Gasteiger partial charge in [0.2, 0.25) is 0 Å². The SMILES string of the molecule is COc1ccc(/C=C/C(O)=C/C(=O)/C=C/c2ccc(CO)cc2F)c(F)c1. The van der Waals surface area contributed by atoms with E-state index in [0.29, 0.717) is 11.3 Å². The molecule has 6 heteroatoms. The molecule has 0 aliphatic carbocycles. The summed E-state index contributed by atoms with van der Waals surface area (Å²) in [6.07, 6.45) is 5.76. The summed E-state index contributed by atoms with van der Waals surface area (Å²) in [5.74, 6) is -1.70. The number of aliphatic hydroxyl groups is 2. The van der Waals surface area contributed by atoms with Crippen molar-refractivity contribution in [2.24, 2.45) is 0 Å². The highest BCUT2D eigenvalue weighted by molar-refractivity contribution is 6.02. The highest BCUT2D eigenvalue weighted by atomic mass is 19.1. The number of hydrogen-bond acceptors (Lipinski definition) is 4. The number of halogens is 2. The zero-order chi connectivity index (χ0) is 19.8. The van der Waals surface area contributed by atoms with E-state index >= 15 is 0 Å². The van der Waals surface area contributed by atoms with Gasteiger partial charge in [-0.1, -0.05) is 12.1 Å². The molecule has 0 bridgehead atoms. The minimum Gasteiger partial charge on any atom is -0.508 e. The van der Waals surface area contributed by atoms with Crippen molar-refractivity contribution in [2.45, 2.75) is 6.61 Å². The molecular formula is C21H18F2O4. The van der Waals surface area contributed by atoms with Crippen LogP contribution in [-0.2, 0) is 11.4 Å². The Balaban J connectivity index is 2.05. The van der Waals surface area contributed by atoms with E-state index in [1.54, 1.807) is 6.07 Å². The fourth-order valence-corrected chi connectivity index (χ4v) is 2.16. The van der Waals surface area contributed by atoms with Gasteiger partial charge in [-0.25, -0.2) is 8.78 Å². The molecule has 2 N–H and O–H groups in total. The predicted octanol–water partition coefficient (Wildman–Crippen LogP) is 4.20. The molecule has 0 heterocycles. The third-order valence-electron chi connectivity index (χ3n) is 3.61. The summed E-state index contributed by atoms with van der Waals surface area (Å²) in [6, 6.07) is 8.37. The molecule has 0 saturated carbocycles. The number of carbonyl (C=O) groups is 1. The van der Waals surface area contributed by atoms with Crippen LogP contribution in [0.1, 0.15) is 16.7 Å². The summed E-state index contributed by atoms with van der Waals surface area (Å²) in [6.45, 7) is -0.280. The van der Waals surface area contributed by atoms with Crippen LogP contribution >= 0.6 is 0 Å². The van der Waals surface area contributed by atoms with Gasteiger partial charge in [-0.15, -0.1) is 0 Å². The van der Waals surface area contributed by atoms with E-state index in [9.17, 15) is 18.7 Å². The molecule has 4 nitrogen and oxygen atoms in total. The van der Waals surface area contributed by atoms with Gasteiger partial charge in [0.25, 0.3) is 0 Å². The topological polar surface area (TPSA) is 66.8 Å². The molecule has 0 unspecified atom stereocenters. The van der Waals surface area contributed by atoms with E-state index in [-0.39, 0.29) is 23.5 Å². The molecular weight excluding hydrogens is 354 g/mol. The Morgan fingerprint density at radius 2 is 1.67 bits per heavy atom. The van der Waals surface area contributed by atoms with Crippen LogP contribution in [-0.4, -0.2) is 23.1 Å². The van der Waals surface area contributed by atoms with Crippen LogP contribution in [0.4, 0.5) is 8.78 Å². The summed E-state index contributed by atoms with van der Waals surface area (Å²) in [7, 11) is 1.42. The number of methoxy groups -OCH3 is 1. The Kier molecular flexibility index (Phi) is 7.02. The average molecular weight is 372 g/mol. The van der Waals surface area contributed by atoms with Crippen LogP contribution in [0.15, 0.2) is 60.4 Å². The molecule has 0 aromatic heterocycles. The van der Waals surface area contributed by atoms with Gasteiger partial charge in [0, 0.05) is 23.3 Å². The first-order valence-corrected chi connectivity index (χ1v) is 7.96. The van der Waals surface area contributed by atoms with E-state index in [0.717, 1.165) is 12.2 Å². The van der Waals surface area contributed by atoms with Gasteiger partial charge in [-0.3, -0.25) is 4.79 Å². The Morgan fingerprint density at radius 1 is 1.04 bits per heavy atom. The number of aliphatic hydroxyl groups excluding tert-OH is 2. The fraction of sp³-hybridized carbons (Fsp3) is 0.0952. The molecule has 0 radical (unpaired) electrons. The molecule has 27 heavy (non-hydrogen) atoms. The first-order chi connectivity index (χ1) is 12.9. The molecule has 140 valence electrons. The van der Waals surface area contributed by atoms with Gasteiger partial charge < -0.3 is 14.9 Å². The Hall–Kier alpha value is -3.25. The molecule has 0 aliphatic rings. The smallest absolute Gasteiger partial charge is 0.182 e. The first kappa shape index (κ1) is 20.1. The lowest BCUT2D eigenvalue weighted by molar-refractivity contribution is -0.110. The number of ether oxygens (including phenoxy) is 1. The zero-order valence-corrected chi connectivity index (χ0v) is 14.5. The second-order valence-electron chi connectivity index (χ2n) is 5.54. The number of hydrogen-bond donors (Lipinski definition) is 2. The summed E-state index contributed by atoms with van der Waals surface area (Å²) in [5, 5.41) is 18.7. The quantitative estimate of drug-likeness (QED) is 0.434. The number of ketones is 1. The maximum absolute atomic E-state index is 13.8. The molecule has 0 saturated heterocycles. The van der Waals surface area contributed by atoms with Gasteiger partial charge in [0.05, 0.1) is 13.7 Å². The Morgan fingerprint density at radius 3 is 2.26 bits per heavy atom. The molecule has 0 atom stereocenters. The van der Waals surface area contributed by atoms with Crippen molar-refractivity contribution in [1.29, 1.82) is 0 Å². The summed E-state index contributed by atoms with van der Waals surface area (Å²) in [5.41, 5.74) is 0.804. The summed E-state index contributed by atoms with van der Waals surface area (Å²) < 4.78 is 32.4. The minimum absolute atomic E-state index is 0.171. The zero-order valence-electron chi connectivity index (χ0n) is 14.5. The van der Waals surface area contributed by atoms with E-state index in [1.165, 1.54) is 55.7 Å². The summed E-state index contributed by atoms with van der Waals surface area (Å²) >= 11 is 0. The lowest BCUT2D eigenvalue weighted by atomic mass is 10.1. The van der Waals surface area contributed by atoms with Crippen LogP contribution in [0.5, 0.6) is 5.75 Å². The molecule has 2 aromatic rings. The number of carbonyl (C=O) groups excluding carboxylic acids is 1. The molecule has 2 rings (SSSR count). The number of allylic oxidation sites excluding steroid dienone is 3.